The SMILES string of the molecule is [C-]#[N+]c1ccc2c(c1)c1ccc([Si](c3ccccc3)(c3ccccc3)c3cccc(-c4ccccc4)c3)cc1n2-c1ccccc1. The van der Waals surface area contributed by atoms with Gasteiger partial charge in [-0.3, -0.25) is 0 Å². The van der Waals surface area contributed by atoms with E-state index >= 15 is 0 Å². The molecule has 2 nitrogen and oxygen atoms in total. The quantitative estimate of drug-likeness (QED) is 0.103. The van der Waals surface area contributed by atoms with Crippen LogP contribution in [0.25, 0.3) is 43.5 Å². The lowest BCUT2D eigenvalue weighted by atomic mass is 10.1. The van der Waals surface area contributed by atoms with Gasteiger partial charge in [-0.05, 0) is 67.6 Å². The van der Waals surface area contributed by atoms with Gasteiger partial charge >= 0.3 is 0 Å². The van der Waals surface area contributed by atoms with E-state index in [2.05, 4.69) is 179 Å². The summed E-state index contributed by atoms with van der Waals surface area (Å²) in [4.78, 5) is 3.77. The van der Waals surface area contributed by atoms with Crippen LogP contribution in [0.5, 0.6) is 0 Å². The van der Waals surface area contributed by atoms with Crippen molar-refractivity contribution in [3.05, 3.63) is 193 Å². The molecular weight excluding hydrogens is 573 g/mol. The van der Waals surface area contributed by atoms with E-state index in [9.17, 15) is 0 Å². The fourth-order valence-electron chi connectivity index (χ4n) is 7.11. The average Bonchev–Trinajstić information content (AvgIpc) is 3.47. The molecule has 7 aromatic carbocycles. The van der Waals surface area contributed by atoms with Gasteiger partial charge in [0.05, 0.1) is 17.6 Å². The van der Waals surface area contributed by atoms with Gasteiger partial charge in [0.25, 0.3) is 0 Å². The molecule has 46 heavy (non-hydrogen) atoms. The normalized spacial score (nSPS) is 11.5. The summed E-state index contributed by atoms with van der Waals surface area (Å²) < 4.78 is 2.36. The van der Waals surface area contributed by atoms with Crippen LogP contribution in [0.15, 0.2) is 182 Å². The van der Waals surface area contributed by atoms with Crippen LogP contribution in [0.3, 0.4) is 0 Å². The zero-order valence-electron chi connectivity index (χ0n) is 25.2. The Kier molecular flexibility index (Phi) is 6.91. The van der Waals surface area contributed by atoms with Crippen LogP contribution in [0, 0.1) is 6.57 Å². The zero-order chi connectivity index (χ0) is 30.9. The van der Waals surface area contributed by atoms with Crippen molar-refractivity contribution in [2.75, 3.05) is 0 Å². The van der Waals surface area contributed by atoms with Gasteiger partial charge in [-0.1, -0.05) is 152 Å². The van der Waals surface area contributed by atoms with Crippen LogP contribution in [0.2, 0.25) is 0 Å². The molecule has 1 aromatic heterocycles. The van der Waals surface area contributed by atoms with Crippen LogP contribution in [-0.4, -0.2) is 12.6 Å². The summed E-state index contributed by atoms with van der Waals surface area (Å²) in [6, 6.07) is 65.7. The van der Waals surface area contributed by atoms with Crippen LogP contribution < -0.4 is 20.7 Å². The first kappa shape index (κ1) is 27.6. The second kappa shape index (κ2) is 11.5. The summed E-state index contributed by atoms with van der Waals surface area (Å²) in [7, 11) is -2.83. The molecule has 3 heteroatoms. The number of nitrogens with zero attached hydrogens (tertiary/aromatic N) is 2. The van der Waals surface area contributed by atoms with Crippen molar-refractivity contribution in [2.45, 2.75) is 0 Å². The van der Waals surface area contributed by atoms with Crippen LogP contribution in [0.4, 0.5) is 5.69 Å². The molecule has 8 aromatic rings. The molecule has 0 amide bonds. The third-order valence-corrected chi connectivity index (χ3v) is 13.9. The molecule has 0 aliphatic rings. The van der Waals surface area contributed by atoms with Gasteiger partial charge < -0.3 is 4.57 Å². The molecule has 0 fully saturated rings. The van der Waals surface area contributed by atoms with Crippen molar-refractivity contribution >= 4 is 56.3 Å². The second-order valence-electron chi connectivity index (χ2n) is 11.6. The van der Waals surface area contributed by atoms with Crippen molar-refractivity contribution in [2.24, 2.45) is 0 Å². The Morgan fingerprint density at radius 3 is 1.63 bits per heavy atom. The van der Waals surface area contributed by atoms with Crippen LogP contribution in [0.1, 0.15) is 0 Å². The van der Waals surface area contributed by atoms with Crippen molar-refractivity contribution in [3.8, 4) is 16.8 Å². The minimum Gasteiger partial charge on any atom is -0.309 e. The molecule has 0 bridgehead atoms. The molecule has 0 unspecified atom stereocenters. The molecular formula is C43H30N2Si. The number of fused-ring (bicyclic) bond motifs is 3. The highest BCUT2D eigenvalue weighted by molar-refractivity contribution is 7.20. The van der Waals surface area contributed by atoms with E-state index in [4.69, 9.17) is 6.57 Å². The van der Waals surface area contributed by atoms with E-state index in [1.165, 1.54) is 31.9 Å². The molecule has 1 heterocycles. The van der Waals surface area contributed by atoms with Crippen molar-refractivity contribution in [1.82, 2.24) is 4.57 Å². The van der Waals surface area contributed by atoms with Gasteiger partial charge in [0.1, 0.15) is 0 Å². The van der Waals surface area contributed by atoms with Crippen molar-refractivity contribution in [1.29, 1.82) is 0 Å². The molecule has 216 valence electrons. The number of rotatable bonds is 6. The van der Waals surface area contributed by atoms with E-state index in [-0.39, 0.29) is 0 Å². The average molecular weight is 603 g/mol. The van der Waals surface area contributed by atoms with E-state index in [0.717, 1.165) is 27.5 Å². The molecule has 0 radical (unpaired) electrons. The summed E-state index contributed by atoms with van der Waals surface area (Å²) in [5, 5.41) is 7.56. The zero-order valence-corrected chi connectivity index (χ0v) is 26.2. The third-order valence-electron chi connectivity index (χ3n) is 9.14. The summed E-state index contributed by atoms with van der Waals surface area (Å²) in [6.07, 6.45) is 0. The number of para-hydroxylation sites is 1. The number of hydrogen-bond acceptors (Lipinski definition) is 0. The Hall–Kier alpha value is -5.95. The molecule has 0 atom stereocenters. The largest absolute Gasteiger partial charge is 0.309 e. The minimum atomic E-state index is -2.83. The predicted molar refractivity (Wildman–Crippen MR) is 196 cm³/mol. The Bertz CT molecular complexity index is 2310. The maximum absolute atomic E-state index is 7.70. The van der Waals surface area contributed by atoms with Crippen LogP contribution >= 0.6 is 0 Å². The maximum Gasteiger partial charge on any atom is 0.188 e. The predicted octanol–water partition coefficient (Wildman–Crippen LogP) is 8.38. The highest BCUT2D eigenvalue weighted by atomic mass is 28.3. The monoisotopic (exact) mass is 602 g/mol. The van der Waals surface area contributed by atoms with E-state index in [1.54, 1.807) is 0 Å². The Morgan fingerprint density at radius 1 is 0.413 bits per heavy atom. The first-order valence-electron chi connectivity index (χ1n) is 15.6. The molecule has 0 aliphatic carbocycles. The highest BCUT2D eigenvalue weighted by Gasteiger charge is 2.42. The topological polar surface area (TPSA) is 9.29 Å². The van der Waals surface area contributed by atoms with Gasteiger partial charge in [0.15, 0.2) is 13.8 Å². The lowest BCUT2D eigenvalue weighted by Crippen LogP contribution is -2.74. The van der Waals surface area contributed by atoms with Crippen LogP contribution in [-0.2, 0) is 0 Å². The Balaban J connectivity index is 1.50. The fourth-order valence-corrected chi connectivity index (χ4v) is 11.9. The first-order valence-corrected chi connectivity index (χ1v) is 17.6. The Labute approximate surface area is 270 Å². The lowest BCUT2D eigenvalue weighted by Gasteiger charge is -2.35. The van der Waals surface area contributed by atoms with Gasteiger partial charge in [-0.2, -0.15) is 0 Å². The van der Waals surface area contributed by atoms with E-state index in [0.29, 0.717) is 5.69 Å². The molecule has 0 saturated carbocycles. The van der Waals surface area contributed by atoms with Gasteiger partial charge in [0, 0.05) is 11.1 Å². The Morgan fingerprint density at radius 2 is 0.978 bits per heavy atom. The standard InChI is InChI=1S/C43H30N2Si/c1-44-34-25-28-42-41(30-34)40-27-26-39(31-43(40)45(42)35-18-8-3-9-19-35)46(36-20-10-4-11-21-36,37-22-12-5-13-23-37)38-24-14-17-33(29-38)32-15-6-2-7-16-32/h2-31H. The molecule has 0 saturated heterocycles. The summed E-state index contributed by atoms with van der Waals surface area (Å²) >= 11 is 0. The molecule has 0 N–H and O–H groups in total. The minimum absolute atomic E-state index is 0.652. The van der Waals surface area contributed by atoms with Crippen molar-refractivity contribution < 1.29 is 0 Å². The second-order valence-corrected chi connectivity index (χ2v) is 15.5. The van der Waals surface area contributed by atoms with E-state index < -0.39 is 8.07 Å². The smallest absolute Gasteiger partial charge is 0.188 e. The number of aromatic nitrogens is 1. The van der Waals surface area contributed by atoms with Gasteiger partial charge in [-0.15, -0.1) is 0 Å². The molecule has 8 rings (SSSR count). The fraction of sp³-hybridized carbons (Fsp3) is 0. The summed E-state index contributed by atoms with van der Waals surface area (Å²) in [5.74, 6) is 0. The summed E-state index contributed by atoms with van der Waals surface area (Å²) in [6.45, 7) is 7.70. The number of hydrogen-bond donors (Lipinski definition) is 0. The van der Waals surface area contributed by atoms with Crippen molar-refractivity contribution in [3.63, 3.8) is 0 Å². The summed E-state index contributed by atoms with van der Waals surface area (Å²) in [5.41, 5.74) is 6.43. The highest BCUT2D eigenvalue weighted by Crippen LogP contribution is 2.34. The maximum atomic E-state index is 7.70. The molecule has 0 aliphatic heterocycles. The number of benzene rings is 7. The van der Waals surface area contributed by atoms with E-state index in [1.807, 2.05) is 12.1 Å². The third kappa shape index (κ3) is 4.47. The van der Waals surface area contributed by atoms with Gasteiger partial charge in [-0.25, -0.2) is 4.85 Å². The van der Waals surface area contributed by atoms with Gasteiger partial charge in [0.2, 0.25) is 0 Å². The molecule has 0 spiro atoms. The lowest BCUT2D eigenvalue weighted by molar-refractivity contribution is 1.18. The first-order chi connectivity index (χ1) is 22.8.